The highest BCUT2D eigenvalue weighted by Crippen LogP contribution is 2.31. The van der Waals surface area contributed by atoms with Crippen LogP contribution in [-0.2, 0) is 17.6 Å². The van der Waals surface area contributed by atoms with Gasteiger partial charge in [0.25, 0.3) is 0 Å². The molecule has 1 amide bonds. The summed E-state index contributed by atoms with van der Waals surface area (Å²) in [6.07, 6.45) is 7.59. The third-order valence-corrected chi connectivity index (χ3v) is 5.06. The molecule has 4 rings (SSSR count). The van der Waals surface area contributed by atoms with Gasteiger partial charge in [-0.25, -0.2) is 4.98 Å². The molecule has 1 unspecified atom stereocenters. The van der Waals surface area contributed by atoms with Crippen molar-refractivity contribution in [3.63, 3.8) is 0 Å². The number of imidazole rings is 1. The van der Waals surface area contributed by atoms with Gasteiger partial charge >= 0.3 is 0 Å². The lowest BCUT2D eigenvalue weighted by Crippen LogP contribution is -2.48. The molecule has 1 aliphatic rings. The lowest BCUT2D eigenvalue weighted by molar-refractivity contribution is -0.122. The largest absolute Gasteiger partial charge is 0.393 e. The first kappa shape index (κ1) is 16.7. The number of aliphatic hydroxyl groups is 1. The number of hydrogen-bond donors (Lipinski definition) is 2. The maximum atomic E-state index is 12.6. The average molecular weight is 350 g/mol. The van der Waals surface area contributed by atoms with Crippen LogP contribution in [0.1, 0.15) is 24.2 Å². The molecular weight excluding hydrogens is 328 g/mol. The molecule has 0 aromatic carbocycles. The Balaban J connectivity index is 1.45. The highest BCUT2D eigenvalue weighted by molar-refractivity contribution is 5.78. The van der Waals surface area contributed by atoms with Crippen LogP contribution in [0.4, 0.5) is 0 Å². The van der Waals surface area contributed by atoms with Gasteiger partial charge in [0.15, 0.2) is 0 Å². The highest BCUT2D eigenvalue weighted by atomic mass is 16.3. The smallest absolute Gasteiger partial charge is 0.226 e. The quantitative estimate of drug-likeness (QED) is 0.710. The minimum absolute atomic E-state index is 0.0139. The summed E-state index contributed by atoms with van der Waals surface area (Å²) >= 11 is 0. The number of aliphatic hydroxyl groups excluding tert-OH is 1. The zero-order valence-electron chi connectivity index (χ0n) is 14.5. The van der Waals surface area contributed by atoms with Crippen LogP contribution in [0.25, 0.3) is 5.65 Å². The van der Waals surface area contributed by atoms with E-state index in [-0.39, 0.29) is 30.4 Å². The summed E-state index contributed by atoms with van der Waals surface area (Å²) in [5.74, 6) is 0.260. The van der Waals surface area contributed by atoms with Gasteiger partial charge in [-0.2, -0.15) is 0 Å². The minimum Gasteiger partial charge on any atom is -0.393 e. The van der Waals surface area contributed by atoms with E-state index in [9.17, 15) is 9.90 Å². The second kappa shape index (κ2) is 7.25. The molecule has 0 saturated heterocycles. The first-order valence-electron chi connectivity index (χ1n) is 8.97. The second-order valence-corrected chi connectivity index (χ2v) is 6.94. The van der Waals surface area contributed by atoms with Crippen LogP contribution in [0, 0.1) is 5.92 Å². The predicted molar refractivity (Wildman–Crippen MR) is 97.5 cm³/mol. The van der Waals surface area contributed by atoms with Crippen LogP contribution < -0.4 is 5.32 Å². The van der Waals surface area contributed by atoms with Crippen LogP contribution >= 0.6 is 0 Å². The Kier molecular flexibility index (Phi) is 4.67. The van der Waals surface area contributed by atoms with Gasteiger partial charge in [0.05, 0.1) is 18.2 Å². The molecule has 0 radical (unpaired) electrons. The molecule has 3 heterocycles. The van der Waals surface area contributed by atoms with E-state index in [0.29, 0.717) is 6.42 Å². The summed E-state index contributed by atoms with van der Waals surface area (Å²) in [5.41, 5.74) is 2.65. The number of carbonyl (C=O) groups excluding carboxylic acids is 1. The predicted octanol–water partition coefficient (Wildman–Crippen LogP) is 1.77. The third kappa shape index (κ3) is 3.60. The van der Waals surface area contributed by atoms with E-state index < -0.39 is 0 Å². The van der Waals surface area contributed by atoms with Gasteiger partial charge in [-0.05, 0) is 43.0 Å². The van der Waals surface area contributed by atoms with Crippen molar-refractivity contribution in [1.29, 1.82) is 0 Å². The highest BCUT2D eigenvalue weighted by Gasteiger charge is 2.35. The van der Waals surface area contributed by atoms with Crippen LogP contribution in [-0.4, -0.2) is 37.5 Å². The first-order chi connectivity index (χ1) is 12.7. The fraction of sp³-hybridized carbons (Fsp3) is 0.350. The van der Waals surface area contributed by atoms with Crippen molar-refractivity contribution in [2.75, 3.05) is 0 Å². The molecule has 1 aliphatic carbocycles. The van der Waals surface area contributed by atoms with Crippen molar-refractivity contribution < 1.29 is 9.90 Å². The summed E-state index contributed by atoms with van der Waals surface area (Å²) in [6.45, 7) is 0. The van der Waals surface area contributed by atoms with Crippen LogP contribution in [0.5, 0.6) is 0 Å². The van der Waals surface area contributed by atoms with E-state index in [2.05, 4.69) is 15.3 Å². The number of hydrogen-bond acceptors (Lipinski definition) is 4. The number of aromatic nitrogens is 3. The molecule has 134 valence electrons. The lowest BCUT2D eigenvalue weighted by atomic mass is 9.76. The summed E-state index contributed by atoms with van der Waals surface area (Å²) in [4.78, 5) is 21.4. The van der Waals surface area contributed by atoms with Gasteiger partial charge in [-0.1, -0.05) is 12.1 Å². The molecule has 26 heavy (non-hydrogen) atoms. The normalized spacial score (nSPS) is 20.5. The zero-order chi connectivity index (χ0) is 17.9. The van der Waals surface area contributed by atoms with Crippen molar-refractivity contribution >= 4 is 11.6 Å². The second-order valence-electron chi connectivity index (χ2n) is 6.94. The van der Waals surface area contributed by atoms with Crippen LogP contribution in [0.15, 0.2) is 55.0 Å². The molecule has 6 heteroatoms. The van der Waals surface area contributed by atoms with Gasteiger partial charge in [-0.3, -0.25) is 9.78 Å². The van der Waals surface area contributed by atoms with Crippen molar-refractivity contribution in [1.82, 2.24) is 19.7 Å². The molecule has 0 spiro atoms. The Hall–Kier alpha value is -2.73. The summed E-state index contributed by atoms with van der Waals surface area (Å²) in [7, 11) is 0. The van der Waals surface area contributed by atoms with Crippen molar-refractivity contribution in [2.45, 2.75) is 37.8 Å². The Morgan fingerprint density at radius 2 is 2.08 bits per heavy atom. The van der Waals surface area contributed by atoms with Crippen molar-refractivity contribution in [2.24, 2.45) is 5.92 Å². The lowest BCUT2D eigenvalue weighted by Gasteiger charge is -2.38. The maximum absolute atomic E-state index is 12.6. The minimum atomic E-state index is -0.248. The van der Waals surface area contributed by atoms with E-state index in [0.717, 1.165) is 29.9 Å². The first-order valence-corrected chi connectivity index (χ1v) is 8.97. The number of fused-ring (bicyclic) bond motifs is 1. The van der Waals surface area contributed by atoms with Crippen LogP contribution in [0.2, 0.25) is 0 Å². The Bertz CT molecular complexity index is 887. The average Bonchev–Trinajstić information content (AvgIpc) is 3.02. The number of nitrogens with one attached hydrogen (secondary N) is 1. The van der Waals surface area contributed by atoms with E-state index >= 15 is 0 Å². The van der Waals surface area contributed by atoms with E-state index in [4.69, 9.17) is 0 Å². The molecule has 3 aromatic heterocycles. The topological polar surface area (TPSA) is 79.5 Å². The number of amides is 1. The number of carbonyl (C=O) groups is 1. The van der Waals surface area contributed by atoms with E-state index in [1.165, 1.54) is 0 Å². The van der Waals surface area contributed by atoms with E-state index in [1.807, 2.05) is 47.0 Å². The van der Waals surface area contributed by atoms with Crippen molar-refractivity contribution in [3.05, 3.63) is 66.4 Å². The Morgan fingerprint density at radius 1 is 1.23 bits per heavy atom. The third-order valence-electron chi connectivity index (χ3n) is 5.06. The standard InChI is InChI=1S/C20H22N4O2/c25-17-9-14(10-17)18(11-15-5-1-3-7-21-15)23-20(26)12-16-13-22-19-6-2-4-8-24(16)19/h1-8,13-14,17-18,25H,9-12H2,(H,23,26). The Labute approximate surface area is 151 Å². The van der Waals surface area contributed by atoms with Crippen molar-refractivity contribution in [3.8, 4) is 0 Å². The maximum Gasteiger partial charge on any atom is 0.226 e. The van der Waals surface area contributed by atoms with Gasteiger partial charge in [0, 0.05) is 36.7 Å². The fourth-order valence-corrected chi connectivity index (χ4v) is 3.58. The molecule has 0 aliphatic heterocycles. The molecular formula is C20H22N4O2. The molecule has 1 atom stereocenters. The monoisotopic (exact) mass is 350 g/mol. The van der Waals surface area contributed by atoms with Gasteiger partial charge in [0.2, 0.25) is 5.91 Å². The van der Waals surface area contributed by atoms with Gasteiger partial charge in [-0.15, -0.1) is 0 Å². The fourth-order valence-electron chi connectivity index (χ4n) is 3.58. The van der Waals surface area contributed by atoms with Gasteiger partial charge < -0.3 is 14.8 Å². The number of pyridine rings is 2. The number of rotatable bonds is 6. The molecule has 6 nitrogen and oxygen atoms in total. The van der Waals surface area contributed by atoms with Gasteiger partial charge in [0.1, 0.15) is 5.65 Å². The Morgan fingerprint density at radius 3 is 2.85 bits per heavy atom. The molecule has 1 saturated carbocycles. The number of nitrogens with zero attached hydrogens (tertiary/aromatic N) is 3. The molecule has 2 N–H and O–H groups in total. The van der Waals surface area contributed by atoms with Crippen LogP contribution in [0.3, 0.4) is 0 Å². The molecule has 0 bridgehead atoms. The summed E-state index contributed by atoms with van der Waals surface area (Å²) in [6, 6.07) is 11.6. The summed E-state index contributed by atoms with van der Waals surface area (Å²) in [5, 5.41) is 12.8. The SMILES string of the molecule is O=C(Cc1cnc2ccccn12)NC(Cc1ccccn1)C1CC(O)C1. The summed E-state index contributed by atoms with van der Waals surface area (Å²) < 4.78 is 1.93. The molecule has 3 aromatic rings. The zero-order valence-corrected chi connectivity index (χ0v) is 14.5. The molecule has 1 fully saturated rings. The van der Waals surface area contributed by atoms with E-state index in [1.54, 1.807) is 12.4 Å².